The highest BCUT2D eigenvalue weighted by molar-refractivity contribution is 6.07. The van der Waals surface area contributed by atoms with E-state index in [1.54, 1.807) is 0 Å². The number of furan rings is 1. The van der Waals surface area contributed by atoms with Gasteiger partial charge in [0.1, 0.15) is 11.2 Å². The summed E-state index contributed by atoms with van der Waals surface area (Å²) in [6, 6.07) is 85.5. The Hall–Kier alpha value is -9.77. The second kappa shape index (κ2) is 19.6. The fraction of sp³-hybridized carbons (Fsp3) is 0.0417. The molecule has 0 saturated carbocycles. The van der Waals surface area contributed by atoms with Crippen LogP contribution in [0, 0.1) is 20.8 Å². The minimum absolute atomic E-state index is 0.856. The summed E-state index contributed by atoms with van der Waals surface area (Å²) in [6.45, 7) is 6.21. The number of benzene rings is 9. The molecule has 4 heteroatoms. The summed E-state index contributed by atoms with van der Waals surface area (Å²) in [5.74, 6) is 0. The minimum atomic E-state index is 0.856. The smallest absolute Gasteiger partial charge is 0.136 e. The van der Waals surface area contributed by atoms with E-state index in [1.165, 1.54) is 0 Å². The molecule has 0 aliphatic heterocycles. The molecule has 0 amide bonds. The number of hydrogen-bond acceptors (Lipinski definition) is 4. The van der Waals surface area contributed by atoms with Crippen LogP contribution in [0.2, 0.25) is 0 Å². The fourth-order valence-corrected chi connectivity index (χ4v) is 10.7. The average molecular weight is 974 g/mol. The molecule has 0 aliphatic rings. The molecule has 4 heterocycles. The third-order valence-electron chi connectivity index (χ3n) is 14.7. The van der Waals surface area contributed by atoms with Crippen molar-refractivity contribution in [2.24, 2.45) is 0 Å². The molecule has 0 unspecified atom stereocenters. The second-order valence-corrected chi connectivity index (χ2v) is 19.8. The number of pyridine rings is 3. The van der Waals surface area contributed by atoms with Crippen molar-refractivity contribution in [3.8, 4) is 112 Å². The van der Waals surface area contributed by atoms with Crippen LogP contribution in [0.25, 0.3) is 134 Å². The first-order valence-corrected chi connectivity index (χ1v) is 25.9. The van der Waals surface area contributed by atoms with Crippen molar-refractivity contribution in [2.75, 3.05) is 0 Å². The average Bonchev–Trinajstić information content (AvgIpc) is 3.86. The first kappa shape index (κ1) is 46.0. The van der Waals surface area contributed by atoms with E-state index in [-0.39, 0.29) is 0 Å². The minimum Gasteiger partial charge on any atom is -0.456 e. The molecule has 9 aromatic carbocycles. The van der Waals surface area contributed by atoms with Gasteiger partial charge in [0.25, 0.3) is 0 Å². The van der Waals surface area contributed by atoms with E-state index >= 15 is 0 Å². The summed E-state index contributed by atoms with van der Waals surface area (Å²) in [5.41, 5.74) is 26.9. The predicted molar refractivity (Wildman–Crippen MR) is 316 cm³/mol. The molecule has 13 aromatic rings. The molecule has 0 N–H and O–H groups in total. The van der Waals surface area contributed by atoms with E-state index in [9.17, 15) is 0 Å². The summed E-state index contributed by atoms with van der Waals surface area (Å²) in [6.07, 6.45) is 5.80. The lowest BCUT2D eigenvalue weighted by atomic mass is 9.84. The Bertz CT molecular complexity index is 4120. The molecule has 0 radical (unpaired) electrons. The van der Waals surface area contributed by atoms with E-state index in [4.69, 9.17) is 19.4 Å². The number of aromatic nitrogens is 3. The number of hydrogen-bond donors (Lipinski definition) is 0. The van der Waals surface area contributed by atoms with E-state index in [1.807, 2.05) is 30.7 Å². The molecule has 0 aliphatic carbocycles. The molecule has 360 valence electrons. The maximum absolute atomic E-state index is 6.52. The monoisotopic (exact) mass is 973 g/mol. The SMILES string of the molecule is Cc1ccc(-c2ccc(-c3ccccc3-c3cc(-c4ccccc4-c4ccc(-c5ccc(C)cn5)cc4)cc(-c4ccccc4-c4ccc(-c5ccc(C)cn5)cc4-c4ccc5c(c4)oc4ccccc45)c3)cc2)nc1. The Balaban J connectivity index is 0.992. The number of aryl methyl sites for hydroxylation is 3. The molecule has 0 atom stereocenters. The lowest BCUT2D eigenvalue weighted by Crippen LogP contribution is -1.94. The lowest BCUT2D eigenvalue weighted by Gasteiger charge is -2.19. The van der Waals surface area contributed by atoms with Crippen molar-refractivity contribution >= 4 is 21.9 Å². The van der Waals surface area contributed by atoms with Crippen LogP contribution < -0.4 is 0 Å². The summed E-state index contributed by atoms with van der Waals surface area (Å²) in [7, 11) is 0. The van der Waals surface area contributed by atoms with Gasteiger partial charge in [0.05, 0.1) is 17.1 Å². The highest BCUT2D eigenvalue weighted by Gasteiger charge is 2.20. The van der Waals surface area contributed by atoms with Gasteiger partial charge in [0.2, 0.25) is 0 Å². The normalized spacial score (nSPS) is 11.4. The van der Waals surface area contributed by atoms with Crippen molar-refractivity contribution in [1.82, 2.24) is 15.0 Å². The van der Waals surface area contributed by atoms with Gasteiger partial charge in [-0.15, -0.1) is 0 Å². The van der Waals surface area contributed by atoms with Crippen LogP contribution in [0.4, 0.5) is 0 Å². The van der Waals surface area contributed by atoms with Gasteiger partial charge < -0.3 is 4.42 Å². The topological polar surface area (TPSA) is 51.8 Å². The fourth-order valence-electron chi connectivity index (χ4n) is 10.7. The lowest BCUT2D eigenvalue weighted by molar-refractivity contribution is 0.669. The van der Waals surface area contributed by atoms with Gasteiger partial charge in [-0.25, -0.2) is 0 Å². The summed E-state index contributed by atoms with van der Waals surface area (Å²) >= 11 is 0. The third kappa shape index (κ3) is 8.86. The molecule has 76 heavy (non-hydrogen) atoms. The van der Waals surface area contributed by atoms with Crippen LogP contribution in [0.1, 0.15) is 16.7 Å². The molecular weight excluding hydrogens is 923 g/mol. The Morgan fingerprint density at radius 1 is 0.237 bits per heavy atom. The quantitative estimate of drug-likeness (QED) is 0.137. The van der Waals surface area contributed by atoms with E-state index in [0.717, 1.165) is 150 Å². The van der Waals surface area contributed by atoms with Crippen molar-refractivity contribution < 1.29 is 4.42 Å². The van der Waals surface area contributed by atoms with Gasteiger partial charge in [0.15, 0.2) is 0 Å². The van der Waals surface area contributed by atoms with Gasteiger partial charge in [0, 0.05) is 46.1 Å². The zero-order valence-electron chi connectivity index (χ0n) is 42.5. The number of para-hydroxylation sites is 1. The van der Waals surface area contributed by atoms with Crippen LogP contribution in [-0.4, -0.2) is 15.0 Å². The van der Waals surface area contributed by atoms with Gasteiger partial charge >= 0.3 is 0 Å². The first-order valence-electron chi connectivity index (χ1n) is 25.9. The zero-order chi connectivity index (χ0) is 51.1. The standard InChI is InChI=1S/C72H51N3O/c1-46-20-35-68(73-43-46)51-27-23-49(24-28-51)58-12-4-6-14-60(58)55-38-56(61-15-7-5-13-59(61)50-25-29-52(30-26-50)69-36-21-47(2)44-74-69)40-57(39-55)62-16-8-9-17-63(62)64-33-32-54(70-37-22-48(3)45-75-70)41-67(64)53-31-34-66-65-18-10-11-19-71(65)76-72(66)42-53/h4-45H,1-3H3. The van der Waals surface area contributed by atoms with Crippen molar-refractivity contribution in [3.05, 3.63) is 272 Å². The first-order chi connectivity index (χ1) is 37.4. The number of rotatable bonds is 10. The van der Waals surface area contributed by atoms with Crippen molar-refractivity contribution in [2.45, 2.75) is 20.8 Å². The predicted octanol–water partition coefficient (Wildman–Crippen LogP) is 19.4. The second-order valence-electron chi connectivity index (χ2n) is 19.8. The van der Waals surface area contributed by atoms with E-state index in [2.05, 4.69) is 245 Å². The van der Waals surface area contributed by atoms with Crippen molar-refractivity contribution in [3.63, 3.8) is 0 Å². The summed E-state index contributed by atoms with van der Waals surface area (Å²) < 4.78 is 6.52. The van der Waals surface area contributed by atoms with Gasteiger partial charge in [-0.2, -0.15) is 0 Å². The van der Waals surface area contributed by atoms with Gasteiger partial charge in [-0.3, -0.25) is 15.0 Å². The molecule has 4 nitrogen and oxygen atoms in total. The molecular formula is C72H51N3O. The molecule has 0 bridgehead atoms. The maximum Gasteiger partial charge on any atom is 0.136 e. The zero-order valence-corrected chi connectivity index (χ0v) is 42.5. The molecule has 0 fully saturated rings. The molecule has 4 aromatic heterocycles. The number of nitrogens with zero attached hydrogens (tertiary/aromatic N) is 3. The van der Waals surface area contributed by atoms with Crippen molar-refractivity contribution in [1.29, 1.82) is 0 Å². The van der Waals surface area contributed by atoms with E-state index < -0.39 is 0 Å². The van der Waals surface area contributed by atoms with Crippen LogP contribution >= 0.6 is 0 Å². The Labute approximate surface area is 443 Å². The third-order valence-corrected chi connectivity index (χ3v) is 14.7. The Kier molecular flexibility index (Phi) is 11.9. The molecule has 13 rings (SSSR count). The highest BCUT2D eigenvalue weighted by Crippen LogP contribution is 2.45. The number of fused-ring (bicyclic) bond motifs is 3. The molecule has 0 spiro atoms. The Morgan fingerprint density at radius 2 is 0.605 bits per heavy atom. The van der Waals surface area contributed by atoms with Gasteiger partial charge in [-0.05, 0) is 176 Å². The van der Waals surface area contributed by atoms with Crippen LogP contribution in [0.15, 0.2) is 260 Å². The summed E-state index contributed by atoms with van der Waals surface area (Å²) in [5, 5.41) is 2.21. The summed E-state index contributed by atoms with van der Waals surface area (Å²) in [4.78, 5) is 14.3. The van der Waals surface area contributed by atoms with Crippen LogP contribution in [-0.2, 0) is 0 Å². The van der Waals surface area contributed by atoms with Gasteiger partial charge in [-0.1, -0.05) is 176 Å². The molecule has 0 saturated heterocycles. The highest BCUT2D eigenvalue weighted by atomic mass is 16.3. The van der Waals surface area contributed by atoms with Crippen LogP contribution in [0.3, 0.4) is 0 Å². The largest absolute Gasteiger partial charge is 0.456 e. The van der Waals surface area contributed by atoms with Crippen LogP contribution in [0.5, 0.6) is 0 Å². The van der Waals surface area contributed by atoms with E-state index in [0.29, 0.717) is 0 Å². The maximum atomic E-state index is 6.52. The Morgan fingerprint density at radius 3 is 1.09 bits per heavy atom.